The summed E-state index contributed by atoms with van der Waals surface area (Å²) in [4.78, 5) is 11.8. The molecule has 0 aliphatic heterocycles. The van der Waals surface area contributed by atoms with Crippen LogP contribution in [0.3, 0.4) is 0 Å². The number of carbonyl (C=O) groups excluding carboxylic acids is 1. The van der Waals surface area contributed by atoms with Crippen LogP contribution in [0, 0.1) is 11.3 Å². The van der Waals surface area contributed by atoms with Gasteiger partial charge in [0.2, 0.25) is 0 Å². The minimum absolute atomic E-state index is 0.143. The monoisotopic (exact) mass is 285 g/mol. The first-order valence-electron chi connectivity index (χ1n) is 6.50. The van der Waals surface area contributed by atoms with Gasteiger partial charge in [-0.05, 0) is 41.1 Å². The van der Waals surface area contributed by atoms with Gasteiger partial charge in [-0.2, -0.15) is 5.26 Å². The Balaban J connectivity index is 1.94. The van der Waals surface area contributed by atoms with Crippen LogP contribution in [0.15, 0.2) is 30.6 Å². The number of rotatable bonds is 5. The molecule has 21 heavy (non-hydrogen) atoms. The molecule has 0 aliphatic rings. The van der Waals surface area contributed by atoms with Crippen LogP contribution in [-0.4, -0.2) is 32.3 Å². The fraction of sp³-hybridized carbons (Fsp3) is 0.308. The molecular weight excluding hydrogens is 270 g/mol. The molecule has 1 aromatic heterocycles. The second kappa shape index (κ2) is 7.00. The maximum atomic E-state index is 11.8. The molecule has 1 heterocycles. The number of aromatic nitrogens is 4. The molecule has 0 bridgehead atoms. The van der Waals surface area contributed by atoms with E-state index in [0.29, 0.717) is 18.5 Å². The molecule has 1 aromatic carbocycles. The molecule has 0 radical (unpaired) electrons. The average Bonchev–Trinajstić information content (AvgIpc) is 3.01. The summed E-state index contributed by atoms with van der Waals surface area (Å²) < 4.78 is 1.52. The first-order chi connectivity index (χ1) is 10.2. The third kappa shape index (κ3) is 4.01. The van der Waals surface area contributed by atoms with Crippen molar-refractivity contribution < 1.29 is 4.79 Å². The Bertz CT molecular complexity index is 615. The zero-order valence-electron chi connectivity index (χ0n) is 11.5. The number of urea groups is 1. The lowest BCUT2D eigenvalue weighted by atomic mass is 10.2. The molecular formula is C13H15N7O. The van der Waals surface area contributed by atoms with Gasteiger partial charge in [-0.3, -0.25) is 0 Å². The zero-order chi connectivity index (χ0) is 15.1. The van der Waals surface area contributed by atoms with E-state index >= 15 is 0 Å². The fourth-order valence-corrected chi connectivity index (χ4v) is 1.74. The molecule has 2 aromatic rings. The second-order valence-corrected chi connectivity index (χ2v) is 4.37. The van der Waals surface area contributed by atoms with Crippen molar-refractivity contribution in [2.24, 2.45) is 0 Å². The Morgan fingerprint density at radius 2 is 2.19 bits per heavy atom. The summed E-state index contributed by atoms with van der Waals surface area (Å²) in [7, 11) is 0. The van der Waals surface area contributed by atoms with Gasteiger partial charge in [0, 0.05) is 11.7 Å². The molecule has 0 fully saturated rings. The molecule has 2 amide bonds. The third-order valence-electron chi connectivity index (χ3n) is 2.90. The number of tetrazole rings is 1. The number of benzene rings is 1. The Morgan fingerprint density at radius 1 is 1.43 bits per heavy atom. The molecule has 0 saturated carbocycles. The highest BCUT2D eigenvalue weighted by Crippen LogP contribution is 2.12. The highest BCUT2D eigenvalue weighted by molar-refractivity contribution is 5.89. The van der Waals surface area contributed by atoms with E-state index in [1.165, 1.54) is 11.0 Å². The molecule has 0 aliphatic carbocycles. The summed E-state index contributed by atoms with van der Waals surface area (Å²) >= 11 is 0. The summed E-state index contributed by atoms with van der Waals surface area (Å²) in [5.41, 5.74) is 1.44. The van der Waals surface area contributed by atoms with Gasteiger partial charge < -0.3 is 10.6 Å². The standard InChI is InChI=1S/C13H15N7O/c1-2-10(7-8-14)16-13(21)17-11-3-5-12(6-4-11)20-9-15-18-19-20/h3-6,9-10H,2,7H2,1H3,(H2,16,17,21)/t10-/m1/s1. The molecule has 8 nitrogen and oxygen atoms in total. The smallest absolute Gasteiger partial charge is 0.319 e. The molecule has 2 rings (SSSR count). The van der Waals surface area contributed by atoms with E-state index in [-0.39, 0.29) is 12.1 Å². The first kappa shape index (κ1) is 14.5. The summed E-state index contributed by atoms with van der Waals surface area (Å²) in [6.45, 7) is 1.92. The maximum Gasteiger partial charge on any atom is 0.319 e. The van der Waals surface area contributed by atoms with Crippen LogP contribution in [0.1, 0.15) is 19.8 Å². The van der Waals surface area contributed by atoms with Gasteiger partial charge in [-0.15, -0.1) is 5.10 Å². The Hall–Kier alpha value is -2.95. The maximum absolute atomic E-state index is 11.8. The fourth-order valence-electron chi connectivity index (χ4n) is 1.74. The van der Waals surface area contributed by atoms with Crippen LogP contribution in [0.5, 0.6) is 0 Å². The summed E-state index contributed by atoms with van der Waals surface area (Å²) in [6.07, 6.45) is 2.49. The number of nitrogens with zero attached hydrogens (tertiary/aromatic N) is 5. The van der Waals surface area contributed by atoms with Crippen LogP contribution in [-0.2, 0) is 0 Å². The Morgan fingerprint density at radius 3 is 2.76 bits per heavy atom. The third-order valence-corrected chi connectivity index (χ3v) is 2.90. The van der Waals surface area contributed by atoms with Gasteiger partial charge in [0.05, 0.1) is 18.2 Å². The van der Waals surface area contributed by atoms with Crippen molar-refractivity contribution in [2.75, 3.05) is 5.32 Å². The topological polar surface area (TPSA) is 109 Å². The second-order valence-electron chi connectivity index (χ2n) is 4.37. The van der Waals surface area contributed by atoms with Crippen molar-refractivity contribution in [3.63, 3.8) is 0 Å². The van der Waals surface area contributed by atoms with E-state index in [9.17, 15) is 4.79 Å². The van der Waals surface area contributed by atoms with Gasteiger partial charge in [-0.25, -0.2) is 9.48 Å². The van der Waals surface area contributed by atoms with Gasteiger partial charge in [0.25, 0.3) is 0 Å². The largest absolute Gasteiger partial charge is 0.334 e. The van der Waals surface area contributed by atoms with Crippen molar-refractivity contribution in [1.82, 2.24) is 25.5 Å². The Kier molecular flexibility index (Phi) is 4.82. The predicted molar refractivity (Wildman–Crippen MR) is 75.6 cm³/mol. The number of hydrogen-bond acceptors (Lipinski definition) is 5. The van der Waals surface area contributed by atoms with Gasteiger partial charge >= 0.3 is 6.03 Å². The van der Waals surface area contributed by atoms with Crippen LogP contribution in [0.25, 0.3) is 5.69 Å². The number of nitrogens with one attached hydrogen (secondary N) is 2. The van der Waals surface area contributed by atoms with Crippen LogP contribution in [0.2, 0.25) is 0 Å². The van der Waals surface area contributed by atoms with Crippen molar-refractivity contribution in [3.8, 4) is 11.8 Å². The van der Waals surface area contributed by atoms with E-state index in [4.69, 9.17) is 5.26 Å². The summed E-state index contributed by atoms with van der Waals surface area (Å²) in [6, 6.07) is 8.66. The zero-order valence-corrected chi connectivity index (χ0v) is 11.5. The van der Waals surface area contributed by atoms with Gasteiger partial charge in [0.1, 0.15) is 6.33 Å². The minimum Gasteiger partial charge on any atom is -0.334 e. The van der Waals surface area contributed by atoms with Gasteiger partial charge in [-0.1, -0.05) is 6.92 Å². The first-order valence-corrected chi connectivity index (χ1v) is 6.50. The van der Waals surface area contributed by atoms with E-state index in [1.54, 1.807) is 24.3 Å². The predicted octanol–water partition coefficient (Wildman–Crippen LogP) is 1.48. The van der Waals surface area contributed by atoms with Crippen molar-refractivity contribution >= 4 is 11.7 Å². The highest BCUT2D eigenvalue weighted by atomic mass is 16.2. The van der Waals surface area contributed by atoms with Crippen LogP contribution < -0.4 is 10.6 Å². The highest BCUT2D eigenvalue weighted by Gasteiger charge is 2.09. The molecule has 0 unspecified atom stereocenters. The quantitative estimate of drug-likeness (QED) is 0.864. The van der Waals surface area contributed by atoms with Gasteiger partial charge in [0.15, 0.2) is 0 Å². The number of carbonyl (C=O) groups is 1. The number of nitriles is 1. The van der Waals surface area contributed by atoms with E-state index < -0.39 is 0 Å². The molecule has 1 atom stereocenters. The minimum atomic E-state index is -0.327. The van der Waals surface area contributed by atoms with Crippen molar-refractivity contribution in [3.05, 3.63) is 30.6 Å². The lowest BCUT2D eigenvalue weighted by Crippen LogP contribution is -2.37. The molecule has 8 heteroatoms. The number of anilines is 1. The molecule has 0 saturated heterocycles. The van der Waals surface area contributed by atoms with Crippen molar-refractivity contribution in [2.45, 2.75) is 25.8 Å². The number of amides is 2. The normalized spacial score (nSPS) is 11.4. The lowest BCUT2D eigenvalue weighted by molar-refractivity contribution is 0.248. The van der Waals surface area contributed by atoms with Crippen LogP contribution in [0.4, 0.5) is 10.5 Å². The van der Waals surface area contributed by atoms with Crippen LogP contribution >= 0.6 is 0 Å². The number of hydrogen-bond donors (Lipinski definition) is 2. The van der Waals surface area contributed by atoms with E-state index in [2.05, 4.69) is 26.2 Å². The SMILES string of the molecule is CC[C@H](CC#N)NC(=O)Nc1ccc(-n2cnnn2)cc1. The Labute approximate surface area is 121 Å². The summed E-state index contributed by atoms with van der Waals surface area (Å²) in [5.74, 6) is 0. The average molecular weight is 285 g/mol. The lowest BCUT2D eigenvalue weighted by Gasteiger charge is -2.14. The van der Waals surface area contributed by atoms with E-state index in [0.717, 1.165) is 5.69 Å². The van der Waals surface area contributed by atoms with E-state index in [1.807, 2.05) is 13.0 Å². The molecule has 2 N–H and O–H groups in total. The summed E-state index contributed by atoms with van der Waals surface area (Å²) in [5, 5.41) is 25.0. The molecule has 0 spiro atoms. The van der Waals surface area contributed by atoms with Crippen molar-refractivity contribution in [1.29, 1.82) is 5.26 Å². The molecule has 108 valence electrons.